The maximum atomic E-state index is 5.47. The zero-order valence-corrected chi connectivity index (χ0v) is 8.43. The minimum atomic E-state index is 0.657. The second kappa shape index (κ2) is 4.66. The molecule has 0 saturated carbocycles. The molecule has 2 heterocycles. The maximum absolute atomic E-state index is 5.47. The average Bonchev–Trinajstić information content (AvgIpc) is 2.32. The van der Waals surface area contributed by atoms with E-state index in [9.17, 15) is 0 Å². The molecule has 0 fully saturated rings. The highest BCUT2D eigenvalue weighted by Crippen LogP contribution is 2.13. The van der Waals surface area contributed by atoms with Gasteiger partial charge in [0, 0.05) is 12.4 Å². The van der Waals surface area contributed by atoms with Crippen LogP contribution >= 0.6 is 0 Å². The zero-order valence-electron chi connectivity index (χ0n) is 8.43. The van der Waals surface area contributed by atoms with E-state index in [2.05, 4.69) is 9.97 Å². The van der Waals surface area contributed by atoms with Crippen LogP contribution in [0.5, 0.6) is 0 Å². The molecule has 2 aromatic rings. The molecule has 0 aliphatic carbocycles. The minimum absolute atomic E-state index is 0.657. The lowest BCUT2D eigenvalue weighted by molar-refractivity contribution is 0.959. The van der Waals surface area contributed by atoms with Gasteiger partial charge < -0.3 is 5.73 Å². The highest BCUT2D eigenvalue weighted by molar-refractivity contribution is 5.53. The molecule has 0 saturated heterocycles. The third-order valence-corrected chi connectivity index (χ3v) is 2.19. The maximum Gasteiger partial charge on any atom is 0.0886 e. The van der Waals surface area contributed by atoms with Crippen molar-refractivity contribution in [2.24, 2.45) is 5.73 Å². The van der Waals surface area contributed by atoms with E-state index in [1.165, 1.54) is 0 Å². The topological polar surface area (TPSA) is 51.8 Å². The number of nitrogens with zero attached hydrogens (tertiary/aromatic N) is 2. The molecule has 76 valence electrons. The lowest BCUT2D eigenvalue weighted by Crippen LogP contribution is -2.02. The number of rotatable bonds is 3. The zero-order chi connectivity index (χ0) is 10.5. The predicted molar refractivity (Wildman–Crippen MR) is 60.2 cm³/mol. The van der Waals surface area contributed by atoms with Crippen molar-refractivity contribution < 1.29 is 0 Å². The monoisotopic (exact) mass is 199 g/mol. The molecule has 2 rings (SSSR count). The van der Waals surface area contributed by atoms with E-state index in [4.69, 9.17) is 5.73 Å². The van der Waals surface area contributed by atoms with Gasteiger partial charge in [0.05, 0.1) is 11.4 Å². The predicted octanol–water partition coefficient (Wildman–Crippen LogP) is 1.64. The second-order valence-corrected chi connectivity index (χ2v) is 3.31. The van der Waals surface area contributed by atoms with E-state index >= 15 is 0 Å². The standard InChI is InChI=1S/C12H13N3/c13-7-6-10-4-5-12(15-9-10)11-3-1-2-8-14-11/h1-5,8-9H,6-7,13H2. The summed E-state index contributed by atoms with van der Waals surface area (Å²) < 4.78 is 0. The molecule has 15 heavy (non-hydrogen) atoms. The smallest absolute Gasteiger partial charge is 0.0886 e. The van der Waals surface area contributed by atoms with Gasteiger partial charge in [-0.2, -0.15) is 0 Å². The van der Waals surface area contributed by atoms with Crippen LogP contribution in [0.15, 0.2) is 42.7 Å². The molecular weight excluding hydrogens is 186 g/mol. The first kappa shape index (κ1) is 9.80. The minimum Gasteiger partial charge on any atom is -0.330 e. The van der Waals surface area contributed by atoms with Crippen LogP contribution in [0.3, 0.4) is 0 Å². The molecule has 0 spiro atoms. The summed E-state index contributed by atoms with van der Waals surface area (Å²) in [7, 11) is 0. The fraction of sp³-hybridized carbons (Fsp3) is 0.167. The Kier molecular flexibility index (Phi) is 3.05. The number of hydrogen-bond acceptors (Lipinski definition) is 3. The van der Waals surface area contributed by atoms with Crippen molar-refractivity contribution in [3.05, 3.63) is 48.3 Å². The Balaban J connectivity index is 2.24. The van der Waals surface area contributed by atoms with Gasteiger partial charge in [0.2, 0.25) is 0 Å². The molecular formula is C12H13N3. The summed E-state index contributed by atoms with van der Waals surface area (Å²) in [6.07, 6.45) is 4.50. The molecule has 2 aromatic heterocycles. The van der Waals surface area contributed by atoms with Crippen LogP contribution in [0.2, 0.25) is 0 Å². The summed E-state index contributed by atoms with van der Waals surface area (Å²) in [6, 6.07) is 9.83. The van der Waals surface area contributed by atoms with Gasteiger partial charge in [-0.25, -0.2) is 0 Å². The second-order valence-electron chi connectivity index (χ2n) is 3.31. The van der Waals surface area contributed by atoms with Gasteiger partial charge >= 0.3 is 0 Å². The Labute approximate surface area is 89.0 Å². The summed E-state index contributed by atoms with van der Waals surface area (Å²) in [5, 5.41) is 0. The summed E-state index contributed by atoms with van der Waals surface area (Å²) in [4.78, 5) is 8.59. The lowest BCUT2D eigenvalue weighted by atomic mass is 10.2. The Morgan fingerprint density at radius 3 is 2.47 bits per heavy atom. The van der Waals surface area contributed by atoms with Crippen molar-refractivity contribution in [3.63, 3.8) is 0 Å². The van der Waals surface area contributed by atoms with Crippen LogP contribution in [0, 0.1) is 0 Å². The highest BCUT2D eigenvalue weighted by atomic mass is 14.8. The quantitative estimate of drug-likeness (QED) is 0.817. The van der Waals surface area contributed by atoms with Gasteiger partial charge in [0.25, 0.3) is 0 Å². The Morgan fingerprint density at radius 2 is 1.87 bits per heavy atom. The van der Waals surface area contributed by atoms with E-state index in [0.29, 0.717) is 6.54 Å². The molecule has 0 bridgehead atoms. The normalized spacial score (nSPS) is 10.2. The van der Waals surface area contributed by atoms with Crippen molar-refractivity contribution in [3.8, 4) is 11.4 Å². The highest BCUT2D eigenvalue weighted by Gasteiger charge is 1.99. The number of aromatic nitrogens is 2. The van der Waals surface area contributed by atoms with Gasteiger partial charge in [-0.3, -0.25) is 9.97 Å². The molecule has 0 aliphatic rings. The van der Waals surface area contributed by atoms with Crippen molar-refractivity contribution in [2.45, 2.75) is 6.42 Å². The number of pyridine rings is 2. The average molecular weight is 199 g/mol. The first-order chi connectivity index (χ1) is 7.40. The summed E-state index contributed by atoms with van der Waals surface area (Å²) in [5.41, 5.74) is 8.43. The van der Waals surface area contributed by atoms with Crippen molar-refractivity contribution >= 4 is 0 Å². The Hall–Kier alpha value is -1.74. The van der Waals surface area contributed by atoms with Gasteiger partial charge in [0.1, 0.15) is 0 Å². The fourth-order valence-corrected chi connectivity index (χ4v) is 1.40. The molecule has 3 nitrogen and oxygen atoms in total. The molecule has 0 aliphatic heterocycles. The van der Waals surface area contributed by atoms with E-state index in [0.717, 1.165) is 23.4 Å². The van der Waals surface area contributed by atoms with E-state index in [-0.39, 0.29) is 0 Å². The van der Waals surface area contributed by atoms with Crippen LogP contribution in [0.25, 0.3) is 11.4 Å². The van der Waals surface area contributed by atoms with Crippen LogP contribution in [-0.4, -0.2) is 16.5 Å². The number of hydrogen-bond donors (Lipinski definition) is 1. The first-order valence-corrected chi connectivity index (χ1v) is 4.96. The van der Waals surface area contributed by atoms with Gasteiger partial charge in [-0.1, -0.05) is 12.1 Å². The summed E-state index contributed by atoms with van der Waals surface area (Å²) >= 11 is 0. The molecule has 0 radical (unpaired) electrons. The van der Waals surface area contributed by atoms with Gasteiger partial charge in [0.15, 0.2) is 0 Å². The van der Waals surface area contributed by atoms with Gasteiger partial charge in [-0.05, 0) is 36.7 Å². The Morgan fingerprint density at radius 1 is 1.00 bits per heavy atom. The van der Waals surface area contributed by atoms with E-state index in [1.807, 2.05) is 36.5 Å². The molecule has 0 unspecified atom stereocenters. The van der Waals surface area contributed by atoms with E-state index in [1.54, 1.807) is 6.20 Å². The van der Waals surface area contributed by atoms with Crippen molar-refractivity contribution in [2.75, 3.05) is 6.54 Å². The largest absolute Gasteiger partial charge is 0.330 e. The van der Waals surface area contributed by atoms with Crippen LogP contribution < -0.4 is 5.73 Å². The molecule has 0 atom stereocenters. The lowest BCUT2D eigenvalue weighted by Gasteiger charge is -2.01. The molecule has 0 amide bonds. The Bertz CT molecular complexity index is 409. The molecule has 2 N–H and O–H groups in total. The summed E-state index contributed by atoms with van der Waals surface area (Å²) in [5.74, 6) is 0. The number of nitrogens with two attached hydrogens (primary N) is 1. The van der Waals surface area contributed by atoms with Crippen molar-refractivity contribution in [1.82, 2.24) is 9.97 Å². The first-order valence-electron chi connectivity index (χ1n) is 4.96. The van der Waals surface area contributed by atoms with Crippen LogP contribution in [0.1, 0.15) is 5.56 Å². The third-order valence-electron chi connectivity index (χ3n) is 2.19. The van der Waals surface area contributed by atoms with Gasteiger partial charge in [-0.15, -0.1) is 0 Å². The summed E-state index contributed by atoms with van der Waals surface area (Å²) in [6.45, 7) is 0.657. The SMILES string of the molecule is NCCc1ccc(-c2ccccn2)nc1. The van der Waals surface area contributed by atoms with Crippen LogP contribution in [0.4, 0.5) is 0 Å². The fourth-order valence-electron chi connectivity index (χ4n) is 1.40. The molecule has 0 aromatic carbocycles. The van der Waals surface area contributed by atoms with E-state index < -0.39 is 0 Å². The van der Waals surface area contributed by atoms with Crippen LogP contribution in [-0.2, 0) is 6.42 Å². The van der Waals surface area contributed by atoms with Crippen molar-refractivity contribution in [1.29, 1.82) is 0 Å². The molecule has 3 heteroatoms. The third kappa shape index (κ3) is 2.39.